The Morgan fingerprint density at radius 1 is 1.12 bits per heavy atom. The monoisotopic (exact) mass is 249 g/mol. The van der Waals surface area contributed by atoms with Crippen molar-refractivity contribution in [1.29, 1.82) is 0 Å². The van der Waals surface area contributed by atoms with E-state index in [0.29, 0.717) is 12.8 Å². The van der Waals surface area contributed by atoms with Crippen LogP contribution in [0.4, 0.5) is 0 Å². The van der Waals surface area contributed by atoms with Crippen molar-refractivity contribution in [1.82, 2.24) is 5.32 Å². The summed E-state index contributed by atoms with van der Waals surface area (Å²) in [5.74, 6) is -0.365. The van der Waals surface area contributed by atoms with Gasteiger partial charge in [-0.2, -0.15) is 0 Å². The van der Waals surface area contributed by atoms with Crippen molar-refractivity contribution in [2.24, 2.45) is 0 Å². The number of hydrogen-bond acceptors (Lipinski definition) is 3. The van der Waals surface area contributed by atoms with Gasteiger partial charge in [0.05, 0.1) is 0 Å². The highest BCUT2D eigenvalue weighted by atomic mass is 32.2. The highest BCUT2D eigenvalue weighted by molar-refractivity contribution is 7.98. The second-order valence-corrected chi connectivity index (χ2v) is 5.49. The lowest BCUT2D eigenvalue weighted by Gasteiger charge is -2.32. The average molecular weight is 249 g/mol. The second kappa shape index (κ2) is 4.53. The topological polar surface area (TPSA) is 46.2 Å². The molecule has 3 nitrogen and oxygen atoms in total. The Morgan fingerprint density at radius 2 is 1.65 bits per heavy atom. The van der Waals surface area contributed by atoms with Crippen LogP contribution in [0.2, 0.25) is 0 Å². The zero-order valence-corrected chi connectivity index (χ0v) is 10.8. The zero-order chi connectivity index (χ0) is 12.5. The summed E-state index contributed by atoms with van der Waals surface area (Å²) in [6.45, 7) is 1.97. The molecule has 1 aliphatic rings. The van der Waals surface area contributed by atoms with E-state index in [0.717, 1.165) is 5.56 Å². The molecule has 0 bridgehead atoms. The molecule has 2 amide bonds. The molecule has 1 fully saturated rings. The predicted octanol–water partition coefficient (Wildman–Crippen LogP) is 2.10. The van der Waals surface area contributed by atoms with Crippen molar-refractivity contribution in [2.45, 2.75) is 30.1 Å². The highest BCUT2D eigenvalue weighted by Gasteiger charge is 2.36. The van der Waals surface area contributed by atoms with E-state index in [1.54, 1.807) is 11.8 Å². The van der Waals surface area contributed by atoms with E-state index in [-0.39, 0.29) is 17.2 Å². The van der Waals surface area contributed by atoms with Crippen LogP contribution in [0.1, 0.15) is 25.3 Å². The van der Waals surface area contributed by atoms with Gasteiger partial charge in [-0.05, 0) is 24.0 Å². The Bertz CT molecular complexity index is 437. The highest BCUT2D eigenvalue weighted by Crippen LogP contribution is 2.34. The molecule has 4 heteroatoms. The van der Waals surface area contributed by atoms with Gasteiger partial charge in [-0.3, -0.25) is 14.9 Å². The smallest absolute Gasteiger partial charge is 0.227 e. The first-order valence-corrected chi connectivity index (χ1v) is 6.73. The van der Waals surface area contributed by atoms with Gasteiger partial charge < -0.3 is 0 Å². The number of carbonyl (C=O) groups excluding carboxylic acids is 2. The summed E-state index contributed by atoms with van der Waals surface area (Å²) in [4.78, 5) is 24.1. The van der Waals surface area contributed by atoms with Crippen molar-refractivity contribution in [3.8, 4) is 0 Å². The van der Waals surface area contributed by atoms with Gasteiger partial charge in [-0.15, -0.1) is 11.8 Å². The molecule has 0 atom stereocenters. The number of amides is 2. The number of carbonyl (C=O) groups is 2. The van der Waals surface area contributed by atoms with Crippen LogP contribution in [0.3, 0.4) is 0 Å². The Balaban J connectivity index is 2.29. The minimum absolute atomic E-state index is 0.183. The van der Waals surface area contributed by atoms with Crippen LogP contribution in [-0.4, -0.2) is 18.1 Å². The van der Waals surface area contributed by atoms with Gasteiger partial charge in [0.1, 0.15) is 0 Å². The van der Waals surface area contributed by atoms with E-state index in [1.165, 1.54) is 4.90 Å². The van der Waals surface area contributed by atoms with Crippen LogP contribution in [0.25, 0.3) is 0 Å². The third-order valence-electron chi connectivity index (χ3n) is 3.17. The molecule has 1 N–H and O–H groups in total. The van der Waals surface area contributed by atoms with Gasteiger partial charge >= 0.3 is 0 Å². The van der Waals surface area contributed by atoms with Crippen molar-refractivity contribution < 1.29 is 9.59 Å². The van der Waals surface area contributed by atoms with Gasteiger partial charge in [0.2, 0.25) is 11.8 Å². The maximum Gasteiger partial charge on any atom is 0.227 e. The van der Waals surface area contributed by atoms with Crippen LogP contribution in [0.5, 0.6) is 0 Å². The molecular formula is C13H15NO2S. The molecule has 1 aliphatic heterocycles. The molecule has 0 spiro atoms. The lowest BCUT2D eigenvalue weighted by atomic mass is 9.74. The molecular weight excluding hydrogens is 234 g/mol. The third kappa shape index (κ3) is 2.52. The Labute approximate surface area is 105 Å². The van der Waals surface area contributed by atoms with Crippen LogP contribution in [-0.2, 0) is 15.0 Å². The van der Waals surface area contributed by atoms with Crippen LogP contribution in [0.15, 0.2) is 29.2 Å². The summed E-state index contributed by atoms with van der Waals surface area (Å²) in [7, 11) is 0. The molecule has 1 saturated heterocycles. The van der Waals surface area contributed by atoms with Gasteiger partial charge in [-0.25, -0.2) is 0 Å². The lowest BCUT2D eigenvalue weighted by molar-refractivity contribution is -0.135. The van der Waals surface area contributed by atoms with E-state index < -0.39 is 0 Å². The van der Waals surface area contributed by atoms with Gasteiger partial charge in [-0.1, -0.05) is 19.1 Å². The number of benzene rings is 1. The average Bonchev–Trinajstić information content (AvgIpc) is 2.27. The lowest BCUT2D eigenvalue weighted by Crippen LogP contribution is -2.45. The quantitative estimate of drug-likeness (QED) is 0.645. The summed E-state index contributed by atoms with van der Waals surface area (Å²) in [6, 6.07) is 8.08. The molecule has 2 rings (SSSR count). The molecule has 0 aliphatic carbocycles. The van der Waals surface area contributed by atoms with E-state index in [2.05, 4.69) is 5.32 Å². The Morgan fingerprint density at radius 3 is 2.12 bits per heavy atom. The van der Waals surface area contributed by atoms with Crippen molar-refractivity contribution in [2.75, 3.05) is 6.26 Å². The molecule has 1 aromatic rings. The molecule has 0 unspecified atom stereocenters. The summed E-state index contributed by atoms with van der Waals surface area (Å²) in [6.07, 6.45) is 2.77. The minimum Gasteiger partial charge on any atom is -0.296 e. The molecule has 1 aromatic carbocycles. The first-order valence-electron chi connectivity index (χ1n) is 5.51. The maximum atomic E-state index is 11.4. The predicted molar refractivity (Wildman–Crippen MR) is 68.0 cm³/mol. The Kier molecular flexibility index (Phi) is 3.24. The summed E-state index contributed by atoms with van der Waals surface area (Å²) < 4.78 is 0. The van der Waals surface area contributed by atoms with E-state index >= 15 is 0 Å². The summed E-state index contributed by atoms with van der Waals surface area (Å²) in [5.41, 5.74) is 0.689. The molecule has 0 aromatic heterocycles. The second-order valence-electron chi connectivity index (χ2n) is 4.61. The van der Waals surface area contributed by atoms with E-state index in [9.17, 15) is 9.59 Å². The molecule has 0 radical (unpaired) electrons. The normalized spacial score (nSPS) is 18.9. The largest absolute Gasteiger partial charge is 0.296 e. The fourth-order valence-electron chi connectivity index (χ4n) is 2.21. The fourth-order valence-corrected chi connectivity index (χ4v) is 2.62. The van der Waals surface area contributed by atoms with Gasteiger partial charge in [0.15, 0.2) is 0 Å². The van der Waals surface area contributed by atoms with Crippen molar-refractivity contribution >= 4 is 23.6 Å². The number of imide groups is 1. The Hall–Kier alpha value is -1.29. The third-order valence-corrected chi connectivity index (χ3v) is 3.91. The standard InChI is InChI=1S/C13H15NO2S/c1-13(7-11(15)14-12(16)8-13)9-3-5-10(17-2)6-4-9/h3-6H,7-8H2,1-2H3,(H,14,15,16). The fraction of sp³-hybridized carbons (Fsp3) is 0.385. The maximum absolute atomic E-state index is 11.4. The first-order chi connectivity index (χ1) is 8.03. The van der Waals surface area contributed by atoms with Gasteiger partial charge in [0, 0.05) is 23.2 Å². The van der Waals surface area contributed by atoms with Crippen LogP contribution in [0, 0.1) is 0 Å². The first kappa shape index (κ1) is 12.2. The summed E-state index contributed by atoms with van der Waals surface area (Å²) in [5, 5.41) is 2.34. The number of rotatable bonds is 2. The summed E-state index contributed by atoms with van der Waals surface area (Å²) >= 11 is 1.68. The number of nitrogens with one attached hydrogen (secondary N) is 1. The van der Waals surface area contributed by atoms with Crippen molar-refractivity contribution in [3.63, 3.8) is 0 Å². The molecule has 90 valence electrons. The van der Waals surface area contributed by atoms with Crippen LogP contribution < -0.4 is 5.32 Å². The molecule has 1 heterocycles. The SMILES string of the molecule is CSc1ccc(C2(C)CC(=O)NC(=O)C2)cc1. The van der Waals surface area contributed by atoms with Crippen molar-refractivity contribution in [3.05, 3.63) is 29.8 Å². The van der Waals surface area contributed by atoms with E-state index in [1.807, 2.05) is 37.4 Å². The minimum atomic E-state index is -0.365. The van der Waals surface area contributed by atoms with Crippen LogP contribution >= 0.6 is 11.8 Å². The number of thioether (sulfide) groups is 1. The van der Waals surface area contributed by atoms with E-state index in [4.69, 9.17) is 0 Å². The molecule has 0 saturated carbocycles. The number of hydrogen-bond donors (Lipinski definition) is 1. The zero-order valence-electron chi connectivity index (χ0n) is 9.95. The number of piperidine rings is 1. The van der Waals surface area contributed by atoms with Gasteiger partial charge in [0.25, 0.3) is 0 Å². The molecule has 17 heavy (non-hydrogen) atoms.